The summed E-state index contributed by atoms with van der Waals surface area (Å²) in [4.78, 5) is 25.6. The molecule has 1 aliphatic heterocycles. The van der Waals surface area contributed by atoms with Gasteiger partial charge in [0, 0.05) is 25.9 Å². The van der Waals surface area contributed by atoms with E-state index in [0.29, 0.717) is 31.7 Å². The largest absolute Gasteiger partial charge is 0.468 e. The first-order valence-corrected chi connectivity index (χ1v) is 6.54. The molecule has 0 bridgehead atoms. The van der Waals surface area contributed by atoms with E-state index < -0.39 is 5.54 Å². The Balaban J connectivity index is 2.14. The van der Waals surface area contributed by atoms with E-state index in [-0.39, 0.29) is 5.97 Å². The molecular formula is C13H21NO3. The van der Waals surface area contributed by atoms with Crippen molar-refractivity contribution in [1.29, 1.82) is 0 Å². The normalized spacial score (nSPS) is 25.6. The highest BCUT2D eigenvalue weighted by molar-refractivity contribution is 5.83. The first kappa shape index (κ1) is 12.6. The molecule has 1 heterocycles. The van der Waals surface area contributed by atoms with Gasteiger partial charge in [-0.3, -0.25) is 14.5 Å². The van der Waals surface area contributed by atoms with E-state index in [1.54, 1.807) is 0 Å². The van der Waals surface area contributed by atoms with Crippen LogP contribution in [0.5, 0.6) is 0 Å². The molecule has 4 heteroatoms. The van der Waals surface area contributed by atoms with Gasteiger partial charge >= 0.3 is 5.97 Å². The van der Waals surface area contributed by atoms with E-state index in [1.807, 2.05) is 0 Å². The SMILES string of the molecule is COC(=O)C1(N2CCC(=O)CC2)CCCCC1. The van der Waals surface area contributed by atoms with Gasteiger partial charge in [0.2, 0.25) is 0 Å². The highest BCUT2D eigenvalue weighted by atomic mass is 16.5. The van der Waals surface area contributed by atoms with Crippen LogP contribution in [-0.4, -0.2) is 42.4 Å². The number of carbonyl (C=O) groups is 2. The van der Waals surface area contributed by atoms with Crippen LogP contribution in [0.1, 0.15) is 44.9 Å². The fourth-order valence-corrected chi connectivity index (χ4v) is 3.16. The number of carbonyl (C=O) groups excluding carboxylic acids is 2. The fourth-order valence-electron chi connectivity index (χ4n) is 3.16. The summed E-state index contributed by atoms with van der Waals surface area (Å²) in [7, 11) is 1.47. The van der Waals surface area contributed by atoms with Crippen molar-refractivity contribution in [3.8, 4) is 0 Å². The maximum Gasteiger partial charge on any atom is 0.326 e. The second kappa shape index (κ2) is 5.17. The number of hydrogen-bond donors (Lipinski definition) is 0. The average molecular weight is 239 g/mol. The van der Waals surface area contributed by atoms with Crippen molar-refractivity contribution in [2.45, 2.75) is 50.5 Å². The van der Waals surface area contributed by atoms with E-state index >= 15 is 0 Å². The maximum absolute atomic E-state index is 12.1. The molecule has 0 unspecified atom stereocenters. The van der Waals surface area contributed by atoms with Crippen molar-refractivity contribution in [3.05, 3.63) is 0 Å². The third kappa shape index (κ3) is 2.37. The monoisotopic (exact) mass is 239 g/mol. The Bertz CT molecular complexity index is 298. The smallest absolute Gasteiger partial charge is 0.326 e. The van der Waals surface area contributed by atoms with Crippen LogP contribution in [0.4, 0.5) is 0 Å². The molecule has 2 fully saturated rings. The van der Waals surface area contributed by atoms with Crippen LogP contribution in [-0.2, 0) is 14.3 Å². The van der Waals surface area contributed by atoms with Crippen molar-refractivity contribution < 1.29 is 14.3 Å². The number of ketones is 1. The van der Waals surface area contributed by atoms with Crippen LogP contribution in [0, 0.1) is 0 Å². The number of rotatable bonds is 2. The van der Waals surface area contributed by atoms with Crippen LogP contribution >= 0.6 is 0 Å². The molecule has 2 rings (SSSR count). The second-order valence-corrected chi connectivity index (χ2v) is 5.11. The van der Waals surface area contributed by atoms with Crippen LogP contribution in [0.15, 0.2) is 0 Å². The number of hydrogen-bond acceptors (Lipinski definition) is 4. The molecule has 0 aromatic rings. The van der Waals surface area contributed by atoms with E-state index in [1.165, 1.54) is 13.5 Å². The molecule has 0 N–H and O–H groups in total. The maximum atomic E-state index is 12.1. The molecule has 1 aliphatic carbocycles. The second-order valence-electron chi connectivity index (χ2n) is 5.11. The van der Waals surface area contributed by atoms with Crippen molar-refractivity contribution >= 4 is 11.8 Å². The van der Waals surface area contributed by atoms with Gasteiger partial charge in [-0.05, 0) is 12.8 Å². The Morgan fingerprint density at radius 1 is 1.18 bits per heavy atom. The van der Waals surface area contributed by atoms with Gasteiger partial charge in [-0.25, -0.2) is 0 Å². The average Bonchev–Trinajstić information content (AvgIpc) is 2.39. The lowest BCUT2D eigenvalue weighted by atomic mass is 9.79. The Morgan fingerprint density at radius 2 is 1.76 bits per heavy atom. The van der Waals surface area contributed by atoms with Crippen molar-refractivity contribution in [2.75, 3.05) is 20.2 Å². The van der Waals surface area contributed by atoms with Crippen LogP contribution < -0.4 is 0 Å². The molecule has 1 saturated carbocycles. The van der Waals surface area contributed by atoms with Gasteiger partial charge in [-0.1, -0.05) is 19.3 Å². The van der Waals surface area contributed by atoms with Gasteiger partial charge in [0.15, 0.2) is 0 Å². The summed E-state index contributed by atoms with van der Waals surface area (Å²) >= 11 is 0. The quantitative estimate of drug-likeness (QED) is 0.686. The Hall–Kier alpha value is -0.900. The first-order valence-electron chi connectivity index (χ1n) is 6.54. The lowest BCUT2D eigenvalue weighted by molar-refractivity contribution is -0.160. The Morgan fingerprint density at radius 3 is 2.29 bits per heavy atom. The molecule has 4 nitrogen and oxygen atoms in total. The predicted molar refractivity (Wildman–Crippen MR) is 63.6 cm³/mol. The number of Topliss-reactive ketones (excluding diaryl/α,β-unsaturated/α-hetero) is 1. The third-order valence-electron chi connectivity index (χ3n) is 4.17. The number of piperidine rings is 1. The first-order chi connectivity index (χ1) is 8.19. The van der Waals surface area contributed by atoms with Crippen molar-refractivity contribution in [1.82, 2.24) is 4.90 Å². The van der Waals surface area contributed by atoms with Gasteiger partial charge in [0.1, 0.15) is 11.3 Å². The number of likely N-dealkylation sites (tertiary alicyclic amines) is 1. The summed E-state index contributed by atoms with van der Waals surface area (Å²) in [6, 6.07) is 0. The van der Waals surface area contributed by atoms with Crippen LogP contribution in [0.3, 0.4) is 0 Å². The minimum absolute atomic E-state index is 0.105. The van der Waals surface area contributed by atoms with E-state index in [9.17, 15) is 9.59 Å². The molecule has 0 amide bonds. The molecule has 0 aromatic heterocycles. The fraction of sp³-hybridized carbons (Fsp3) is 0.846. The summed E-state index contributed by atoms with van der Waals surface area (Å²) in [5.74, 6) is 0.212. The third-order valence-corrected chi connectivity index (χ3v) is 4.17. The number of nitrogens with zero attached hydrogens (tertiary/aromatic N) is 1. The van der Waals surface area contributed by atoms with E-state index in [2.05, 4.69) is 4.90 Å². The molecule has 2 aliphatic rings. The predicted octanol–water partition coefficient (Wildman–Crippen LogP) is 1.53. The van der Waals surface area contributed by atoms with Crippen molar-refractivity contribution in [2.24, 2.45) is 0 Å². The van der Waals surface area contributed by atoms with Gasteiger partial charge in [0.25, 0.3) is 0 Å². The van der Waals surface area contributed by atoms with Gasteiger partial charge in [0.05, 0.1) is 7.11 Å². The molecule has 96 valence electrons. The van der Waals surface area contributed by atoms with Gasteiger partial charge in [-0.2, -0.15) is 0 Å². The Kier molecular flexibility index (Phi) is 3.82. The summed E-state index contributed by atoms with van der Waals surface area (Å²) in [5.41, 5.74) is -0.437. The summed E-state index contributed by atoms with van der Waals surface area (Å²) in [5, 5.41) is 0. The highest BCUT2D eigenvalue weighted by Gasteiger charge is 2.46. The molecular weight excluding hydrogens is 218 g/mol. The molecule has 0 atom stereocenters. The van der Waals surface area contributed by atoms with Crippen molar-refractivity contribution in [3.63, 3.8) is 0 Å². The molecule has 1 saturated heterocycles. The van der Waals surface area contributed by atoms with E-state index in [0.717, 1.165) is 25.7 Å². The molecule has 17 heavy (non-hydrogen) atoms. The van der Waals surface area contributed by atoms with Gasteiger partial charge < -0.3 is 4.74 Å². The van der Waals surface area contributed by atoms with Crippen LogP contribution in [0.25, 0.3) is 0 Å². The molecule has 0 aromatic carbocycles. The number of methoxy groups -OCH3 is 1. The molecule has 0 radical (unpaired) electrons. The van der Waals surface area contributed by atoms with Crippen LogP contribution in [0.2, 0.25) is 0 Å². The zero-order valence-corrected chi connectivity index (χ0v) is 10.5. The lowest BCUT2D eigenvalue weighted by Crippen LogP contribution is -2.58. The Labute approximate surface area is 102 Å². The summed E-state index contributed by atoms with van der Waals surface area (Å²) in [6.07, 6.45) is 6.30. The number of ether oxygens (including phenoxy) is 1. The number of esters is 1. The topological polar surface area (TPSA) is 46.6 Å². The summed E-state index contributed by atoms with van der Waals surface area (Å²) < 4.78 is 5.01. The van der Waals surface area contributed by atoms with E-state index in [4.69, 9.17) is 4.74 Å². The zero-order chi connectivity index (χ0) is 12.3. The highest BCUT2D eigenvalue weighted by Crippen LogP contribution is 2.36. The standard InChI is InChI=1S/C13H21NO3/c1-17-12(16)13(7-3-2-4-8-13)14-9-5-11(15)6-10-14/h2-10H2,1H3. The molecule has 0 spiro atoms. The minimum atomic E-state index is -0.437. The summed E-state index contributed by atoms with van der Waals surface area (Å²) in [6.45, 7) is 1.43. The minimum Gasteiger partial charge on any atom is -0.468 e. The van der Waals surface area contributed by atoms with Gasteiger partial charge in [-0.15, -0.1) is 0 Å². The lowest BCUT2D eigenvalue weighted by Gasteiger charge is -2.45. The zero-order valence-electron chi connectivity index (χ0n) is 10.5.